The van der Waals surface area contributed by atoms with E-state index in [2.05, 4.69) is 4.98 Å². The van der Waals surface area contributed by atoms with Gasteiger partial charge in [0.1, 0.15) is 11.6 Å². The molecule has 0 unspecified atom stereocenters. The van der Waals surface area contributed by atoms with Crippen LogP contribution in [0, 0.1) is 5.82 Å². The van der Waals surface area contributed by atoms with Gasteiger partial charge in [0, 0.05) is 24.1 Å². The highest BCUT2D eigenvalue weighted by atomic mass is 35.5. The highest BCUT2D eigenvalue weighted by Gasteiger charge is 2.12. The molecule has 0 aliphatic rings. The second-order valence-electron chi connectivity index (χ2n) is 3.78. The molecule has 2 rings (SSSR count). The maximum atomic E-state index is 13.7. The van der Waals surface area contributed by atoms with E-state index >= 15 is 0 Å². The van der Waals surface area contributed by atoms with Crippen LogP contribution in [0.5, 0.6) is 0 Å². The Bertz CT molecular complexity index is 537. The van der Waals surface area contributed by atoms with Crippen LogP contribution in [0.3, 0.4) is 0 Å². The molecule has 0 fully saturated rings. The topological polar surface area (TPSA) is 43.8 Å². The fourth-order valence-corrected chi connectivity index (χ4v) is 1.93. The minimum atomic E-state index is -0.309. The van der Waals surface area contributed by atoms with Crippen LogP contribution in [0.2, 0.25) is 5.02 Å². The third-order valence-corrected chi connectivity index (χ3v) is 2.89. The zero-order valence-corrected chi connectivity index (χ0v) is 10.2. The fourth-order valence-electron chi connectivity index (χ4n) is 1.75. The molecular weight excluding hydrogens is 241 g/mol. The van der Waals surface area contributed by atoms with Crippen LogP contribution < -0.4 is 5.73 Å². The van der Waals surface area contributed by atoms with Crippen LogP contribution in [0.1, 0.15) is 5.82 Å². The van der Waals surface area contributed by atoms with Gasteiger partial charge in [-0.1, -0.05) is 11.6 Å². The number of nitrogens with zero attached hydrogens (tertiary/aromatic N) is 2. The molecule has 3 nitrogen and oxygen atoms in total. The van der Waals surface area contributed by atoms with E-state index in [-0.39, 0.29) is 5.82 Å². The summed E-state index contributed by atoms with van der Waals surface area (Å²) in [4.78, 5) is 4.23. The molecule has 2 N–H and O–H groups in total. The molecule has 1 aromatic heterocycles. The van der Waals surface area contributed by atoms with E-state index in [0.717, 1.165) is 5.82 Å². The first-order valence-electron chi connectivity index (χ1n) is 5.29. The molecule has 0 aliphatic heterocycles. The lowest BCUT2D eigenvalue weighted by atomic mass is 10.1. The van der Waals surface area contributed by atoms with Crippen molar-refractivity contribution in [1.82, 2.24) is 9.55 Å². The number of imidazole rings is 1. The molecular formula is C12H13ClFN3. The van der Waals surface area contributed by atoms with E-state index < -0.39 is 0 Å². The molecule has 17 heavy (non-hydrogen) atoms. The van der Waals surface area contributed by atoms with E-state index in [4.69, 9.17) is 17.3 Å². The zero-order chi connectivity index (χ0) is 12.4. The number of nitrogens with two attached hydrogens (primary N) is 1. The van der Waals surface area contributed by atoms with Crippen LogP contribution >= 0.6 is 11.6 Å². The van der Waals surface area contributed by atoms with Crippen LogP contribution in [0.25, 0.3) is 11.3 Å². The predicted molar refractivity (Wildman–Crippen MR) is 66.4 cm³/mol. The summed E-state index contributed by atoms with van der Waals surface area (Å²) in [5.74, 6) is 0.526. The van der Waals surface area contributed by atoms with E-state index in [0.29, 0.717) is 29.2 Å². The lowest BCUT2D eigenvalue weighted by Gasteiger charge is -2.07. The van der Waals surface area contributed by atoms with Gasteiger partial charge >= 0.3 is 0 Å². The summed E-state index contributed by atoms with van der Waals surface area (Å²) < 4.78 is 15.5. The highest BCUT2D eigenvalue weighted by molar-refractivity contribution is 6.30. The van der Waals surface area contributed by atoms with Gasteiger partial charge in [-0.05, 0) is 24.7 Å². The highest BCUT2D eigenvalue weighted by Crippen LogP contribution is 2.26. The van der Waals surface area contributed by atoms with Crippen molar-refractivity contribution < 1.29 is 4.39 Å². The van der Waals surface area contributed by atoms with Gasteiger partial charge in [0.2, 0.25) is 0 Å². The first-order valence-corrected chi connectivity index (χ1v) is 5.67. The van der Waals surface area contributed by atoms with Crippen LogP contribution in [0.15, 0.2) is 24.4 Å². The molecule has 0 atom stereocenters. The molecule has 1 heterocycles. The number of halogens is 2. The Hall–Kier alpha value is -1.39. The minimum absolute atomic E-state index is 0.309. The third-order valence-electron chi connectivity index (χ3n) is 2.66. The van der Waals surface area contributed by atoms with Crippen molar-refractivity contribution in [2.24, 2.45) is 12.8 Å². The number of hydrogen-bond acceptors (Lipinski definition) is 2. The Morgan fingerprint density at radius 3 is 2.94 bits per heavy atom. The van der Waals surface area contributed by atoms with Crippen molar-refractivity contribution in [3.8, 4) is 11.3 Å². The number of aromatic nitrogens is 2. The van der Waals surface area contributed by atoms with Gasteiger partial charge < -0.3 is 10.3 Å². The van der Waals surface area contributed by atoms with Gasteiger partial charge in [-0.3, -0.25) is 0 Å². The van der Waals surface area contributed by atoms with E-state index in [1.165, 1.54) is 12.1 Å². The quantitative estimate of drug-likeness (QED) is 0.913. The lowest BCUT2D eigenvalue weighted by molar-refractivity contribution is 0.629. The summed E-state index contributed by atoms with van der Waals surface area (Å²) in [6.07, 6.45) is 2.30. The van der Waals surface area contributed by atoms with Gasteiger partial charge in [-0.25, -0.2) is 9.37 Å². The second-order valence-corrected chi connectivity index (χ2v) is 4.22. The molecule has 2 aromatic rings. The molecule has 0 bridgehead atoms. The van der Waals surface area contributed by atoms with E-state index in [1.54, 1.807) is 12.3 Å². The minimum Gasteiger partial charge on any atom is -0.331 e. The van der Waals surface area contributed by atoms with Crippen molar-refractivity contribution in [3.63, 3.8) is 0 Å². The molecule has 0 radical (unpaired) electrons. The Morgan fingerprint density at radius 1 is 1.47 bits per heavy atom. The molecule has 90 valence electrons. The van der Waals surface area contributed by atoms with Gasteiger partial charge in [0.15, 0.2) is 0 Å². The average molecular weight is 254 g/mol. The normalized spacial score (nSPS) is 10.8. The van der Waals surface area contributed by atoms with E-state index in [9.17, 15) is 4.39 Å². The molecule has 0 aliphatic carbocycles. The Labute approximate surface area is 104 Å². The van der Waals surface area contributed by atoms with Crippen molar-refractivity contribution in [1.29, 1.82) is 0 Å². The number of benzene rings is 1. The lowest BCUT2D eigenvalue weighted by Crippen LogP contribution is -2.08. The van der Waals surface area contributed by atoms with Crippen LogP contribution in [-0.2, 0) is 13.5 Å². The van der Waals surface area contributed by atoms with Gasteiger partial charge in [0.05, 0.1) is 11.9 Å². The van der Waals surface area contributed by atoms with Crippen LogP contribution in [-0.4, -0.2) is 16.1 Å². The molecule has 0 spiro atoms. The summed E-state index contributed by atoms with van der Waals surface area (Å²) in [6, 6.07) is 4.48. The smallest absolute Gasteiger partial charge is 0.132 e. The van der Waals surface area contributed by atoms with Crippen molar-refractivity contribution in [2.75, 3.05) is 6.54 Å². The molecule has 1 aromatic carbocycles. The van der Waals surface area contributed by atoms with Gasteiger partial charge in [-0.15, -0.1) is 0 Å². The summed E-state index contributed by atoms with van der Waals surface area (Å²) in [5.41, 5.74) is 6.64. The monoisotopic (exact) mass is 253 g/mol. The van der Waals surface area contributed by atoms with Crippen LogP contribution in [0.4, 0.5) is 4.39 Å². The fraction of sp³-hybridized carbons (Fsp3) is 0.250. The largest absolute Gasteiger partial charge is 0.331 e. The van der Waals surface area contributed by atoms with Crippen molar-refractivity contribution in [2.45, 2.75) is 6.42 Å². The summed E-state index contributed by atoms with van der Waals surface area (Å²) in [7, 11) is 1.84. The molecule has 5 heteroatoms. The molecule has 0 saturated carbocycles. The predicted octanol–water partition coefficient (Wildman–Crippen LogP) is 2.38. The Morgan fingerprint density at radius 2 is 2.24 bits per heavy atom. The maximum absolute atomic E-state index is 13.7. The average Bonchev–Trinajstić information content (AvgIpc) is 2.65. The first kappa shape index (κ1) is 12.1. The van der Waals surface area contributed by atoms with Crippen molar-refractivity contribution in [3.05, 3.63) is 41.1 Å². The van der Waals surface area contributed by atoms with Gasteiger partial charge in [0.25, 0.3) is 0 Å². The van der Waals surface area contributed by atoms with Gasteiger partial charge in [-0.2, -0.15) is 0 Å². The standard InChI is InChI=1S/C12H13ClFN3/c1-17-11(7-16-12(17)4-5-15)9-6-8(13)2-3-10(9)14/h2-3,6-7H,4-5,15H2,1H3. The summed E-state index contributed by atoms with van der Waals surface area (Å²) in [6.45, 7) is 0.516. The summed E-state index contributed by atoms with van der Waals surface area (Å²) >= 11 is 5.87. The zero-order valence-electron chi connectivity index (χ0n) is 9.45. The SMILES string of the molecule is Cn1c(-c2cc(Cl)ccc2F)cnc1CCN. The number of rotatable bonds is 3. The maximum Gasteiger partial charge on any atom is 0.132 e. The Kier molecular flexibility index (Phi) is 3.45. The third kappa shape index (κ3) is 2.33. The Balaban J connectivity index is 2.49. The number of hydrogen-bond donors (Lipinski definition) is 1. The first-order chi connectivity index (χ1) is 8.13. The summed E-state index contributed by atoms with van der Waals surface area (Å²) in [5, 5.41) is 0.503. The van der Waals surface area contributed by atoms with Crippen molar-refractivity contribution >= 4 is 11.6 Å². The molecule has 0 saturated heterocycles. The van der Waals surface area contributed by atoms with E-state index in [1.807, 2.05) is 11.6 Å². The molecule has 0 amide bonds. The second kappa shape index (κ2) is 4.85.